The van der Waals surface area contributed by atoms with E-state index in [4.69, 9.17) is 0 Å². The number of nitrogens with zero attached hydrogens (tertiary/aromatic N) is 1. The van der Waals surface area contributed by atoms with Gasteiger partial charge in [0.05, 0.1) is 17.1 Å². The molecule has 0 aliphatic rings. The maximum absolute atomic E-state index is 12.4. The van der Waals surface area contributed by atoms with Crippen LogP contribution in [0.3, 0.4) is 0 Å². The van der Waals surface area contributed by atoms with Crippen LogP contribution >= 0.6 is 0 Å². The van der Waals surface area contributed by atoms with Gasteiger partial charge in [-0.05, 0) is 24.1 Å². The molecule has 0 aliphatic heterocycles. The van der Waals surface area contributed by atoms with E-state index in [9.17, 15) is 20.0 Å². The third kappa shape index (κ3) is 3.54. The van der Waals surface area contributed by atoms with Crippen LogP contribution in [0.5, 0.6) is 0 Å². The Morgan fingerprint density at radius 2 is 1.78 bits per heavy atom. The Morgan fingerprint density at radius 1 is 1.17 bits per heavy atom. The SMILES string of the molecule is CCC(CO)(NC(=O)c1ccc([N+](=O)[O-])cc1)c1ccccc1. The highest BCUT2D eigenvalue weighted by Crippen LogP contribution is 2.25. The molecule has 6 nitrogen and oxygen atoms in total. The predicted octanol–water partition coefficient (Wildman–Crippen LogP) is 2.62. The van der Waals surface area contributed by atoms with Gasteiger partial charge in [0, 0.05) is 17.7 Å². The van der Waals surface area contributed by atoms with Gasteiger partial charge in [-0.2, -0.15) is 0 Å². The van der Waals surface area contributed by atoms with Crippen molar-refractivity contribution in [3.63, 3.8) is 0 Å². The fourth-order valence-corrected chi connectivity index (χ4v) is 2.39. The number of aliphatic hydroxyl groups is 1. The van der Waals surface area contributed by atoms with Crippen LogP contribution < -0.4 is 5.32 Å². The normalized spacial score (nSPS) is 13.1. The average Bonchev–Trinajstić information content (AvgIpc) is 2.60. The van der Waals surface area contributed by atoms with Crippen LogP contribution in [0.4, 0.5) is 5.69 Å². The van der Waals surface area contributed by atoms with Crippen LogP contribution in [0.15, 0.2) is 54.6 Å². The van der Waals surface area contributed by atoms with Crippen molar-refractivity contribution in [3.05, 3.63) is 75.8 Å². The number of rotatable bonds is 6. The smallest absolute Gasteiger partial charge is 0.269 e. The molecule has 0 heterocycles. The molecule has 1 unspecified atom stereocenters. The molecule has 0 saturated heterocycles. The summed E-state index contributed by atoms with van der Waals surface area (Å²) in [5.74, 6) is -0.389. The lowest BCUT2D eigenvalue weighted by Gasteiger charge is -2.32. The quantitative estimate of drug-likeness (QED) is 0.633. The minimum absolute atomic E-state index is 0.0754. The molecule has 2 aromatic rings. The van der Waals surface area contributed by atoms with Gasteiger partial charge in [-0.3, -0.25) is 14.9 Å². The maximum Gasteiger partial charge on any atom is 0.269 e. The van der Waals surface area contributed by atoms with Gasteiger partial charge in [0.1, 0.15) is 0 Å². The second-order valence-corrected chi connectivity index (χ2v) is 5.22. The van der Waals surface area contributed by atoms with Gasteiger partial charge in [-0.25, -0.2) is 0 Å². The number of benzene rings is 2. The number of non-ortho nitro benzene ring substituents is 1. The Kier molecular flexibility index (Phi) is 5.08. The second kappa shape index (κ2) is 7.02. The molecular formula is C17H18N2O4. The van der Waals surface area contributed by atoms with E-state index in [1.807, 2.05) is 37.3 Å². The lowest BCUT2D eigenvalue weighted by atomic mass is 9.87. The number of hydrogen-bond acceptors (Lipinski definition) is 4. The van der Waals surface area contributed by atoms with Crippen LogP contribution in [0.2, 0.25) is 0 Å². The Bertz CT molecular complexity index is 679. The van der Waals surface area contributed by atoms with E-state index < -0.39 is 10.5 Å². The van der Waals surface area contributed by atoms with Gasteiger partial charge in [0.2, 0.25) is 0 Å². The third-order valence-corrected chi connectivity index (χ3v) is 3.89. The zero-order valence-electron chi connectivity index (χ0n) is 12.7. The fraction of sp³-hybridized carbons (Fsp3) is 0.235. The zero-order chi connectivity index (χ0) is 16.9. The van der Waals surface area contributed by atoms with E-state index in [0.717, 1.165) is 5.56 Å². The second-order valence-electron chi connectivity index (χ2n) is 5.22. The van der Waals surface area contributed by atoms with Gasteiger partial charge in [0.15, 0.2) is 0 Å². The van der Waals surface area contributed by atoms with Crippen LogP contribution in [0, 0.1) is 10.1 Å². The third-order valence-electron chi connectivity index (χ3n) is 3.89. The van der Waals surface area contributed by atoms with Gasteiger partial charge in [-0.1, -0.05) is 37.3 Å². The number of nitro benzene ring substituents is 1. The fourth-order valence-electron chi connectivity index (χ4n) is 2.39. The topological polar surface area (TPSA) is 92.5 Å². The molecule has 2 aromatic carbocycles. The average molecular weight is 314 g/mol. The Labute approximate surface area is 133 Å². The van der Waals surface area contributed by atoms with E-state index >= 15 is 0 Å². The molecule has 1 amide bonds. The summed E-state index contributed by atoms with van der Waals surface area (Å²) in [6.07, 6.45) is 0.506. The molecule has 0 saturated carbocycles. The van der Waals surface area contributed by atoms with Gasteiger partial charge in [-0.15, -0.1) is 0 Å². The standard InChI is InChI=1S/C17H18N2O4/c1-2-17(12-20,14-6-4-3-5-7-14)18-16(21)13-8-10-15(11-9-13)19(22)23/h3-11,20H,2,12H2,1H3,(H,18,21). The molecule has 0 radical (unpaired) electrons. The molecule has 2 N–H and O–H groups in total. The molecule has 1 atom stereocenters. The molecule has 120 valence electrons. The summed E-state index contributed by atoms with van der Waals surface area (Å²) in [7, 11) is 0. The van der Waals surface area contributed by atoms with Crippen LogP contribution in [-0.2, 0) is 5.54 Å². The minimum Gasteiger partial charge on any atom is -0.394 e. The number of carbonyl (C=O) groups is 1. The maximum atomic E-state index is 12.4. The van der Waals surface area contributed by atoms with Crippen molar-refractivity contribution >= 4 is 11.6 Å². The lowest BCUT2D eigenvalue weighted by molar-refractivity contribution is -0.384. The number of hydrogen-bond donors (Lipinski definition) is 2. The van der Waals surface area contributed by atoms with Gasteiger partial charge < -0.3 is 10.4 Å². The van der Waals surface area contributed by atoms with Crippen molar-refractivity contribution in [1.82, 2.24) is 5.32 Å². The highest BCUT2D eigenvalue weighted by atomic mass is 16.6. The van der Waals surface area contributed by atoms with Crippen molar-refractivity contribution in [2.75, 3.05) is 6.61 Å². The molecule has 0 spiro atoms. The summed E-state index contributed by atoms with van der Waals surface area (Å²) < 4.78 is 0. The van der Waals surface area contributed by atoms with E-state index in [0.29, 0.717) is 12.0 Å². The molecule has 23 heavy (non-hydrogen) atoms. The molecular weight excluding hydrogens is 296 g/mol. The first-order chi connectivity index (χ1) is 11.0. The van der Waals surface area contributed by atoms with Crippen LogP contribution in [0.25, 0.3) is 0 Å². The molecule has 6 heteroatoms. The monoisotopic (exact) mass is 314 g/mol. The van der Waals surface area contributed by atoms with Crippen molar-refractivity contribution in [1.29, 1.82) is 0 Å². The van der Waals surface area contributed by atoms with Crippen molar-refractivity contribution < 1.29 is 14.8 Å². The first-order valence-electron chi connectivity index (χ1n) is 7.26. The summed E-state index contributed by atoms with van der Waals surface area (Å²) in [5.41, 5.74) is 0.145. The molecule has 2 rings (SSSR count). The largest absolute Gasteiger partial charge is 0.394 e. The number of amides is 1. The van der Waals surface area contributed by atoms with Crippen LogP contribution in [-0.4, -0.2) is 22.5 Å². The first kappa shape index (κ1) is 16.6. The summed E-state index contributed by atoms with van der Waals surface area (Å²) in [6, 6.07) is 14.6. The molecule has 0 fully saturated rings. The van der Waals surface area contributed by atoms with E-state index in [1.54, 1.807) is 0 Å². The summed E-state index contributed by atoms with van der Waals surface area (Å²) in [4.78, 5) is 22.6. The van der Waals surface area contributed by atoms with Crippen molar-refractivity contribution in [3.8, 4) is 0 Å². The predicted molar refractivity (Wildman–Crippen MR) is 86.1 cm³/mol. The minimum atomic E-state index is -0.889. The molecule has 0 aromatic heterocycles. The number of nitrogens with one attached hydrogen (secondary N) is 1. The van der Waals surface area contributed by atoms with Gasteiger partial charge >= 0.3 is 0 Å². The molecule has 0 aliphatic carbocycles. The molecule has 0 bridgehead atoms. The van der Waals surface area contributed by atoms with Crippen LogP contribution in [0.1, 0.15) is 29.3 Å². The van der Waals surface area contributed by atoms with E-state index in [-0.39, 0.29) is 18.2 Å². The van der Waals surface area contributed by atoms with Crippen molar-refractivity contribution in [2.45, 2.75) is 18.9 Å². The number of aliphatic hydroxyl groups excluding tert-OH is 1. The summed E-state index contributed by atoms with van der Waals surface area (Å²) in [5, 5.41) is 23.4. The van der Waals surface area contributed by atoms with E-state index in [1.165, 1.54) is 24.3 Å². The Balaban J connectivity index is 2.26. The summed E-state index contributed by atoms with van der Waals surface area (Å²) in [6.45, 7) is 1.63. The number of nitro groups is 1. The zero-order valence-corrected chi connectivity index (χ0v) is 12.7. The Hall–Kier alpha value is -2.73. The highest BCUT2D eigenvalue weighted by Gasteiger charge is 2.31. The number of carbonyl (C=O) groups excluding carboxylic acids is 1. The Morgan fingerprint density at radius 3 is 2.26 bits per heavy atom. The first-order valence-corrected chi connectivity index (χ1v) is 7.26. The van der Waals surface area contributed by atoms with Gasteiger partial charge in [0.25, 0.3) is 11.6 Å². The van der Waals surface area contributed by atoms with Crippen molar-refractivity contribution in [2.24, 2.45) is 0 Å². The highest BCUT2D eigenvalue weighted by molar-refractivity contribution is 5.95. The van der Waals surface area contributed by atoms with E-state index in [2.05, 4.69) is 5.32 Å². The summed E-state index contributed by atoms with van der Waals surface area (Å²) >= 11 is 0. The lowest BCUT2D eigenvalue weighted by Crippen LogP contribution is -2.48.